The van der Waals surface area contributed by atoms with Gasteiger partial charge in [0.25, 0.3) is 0 Å². The van der Waals surface area contributed by atoms with Crippen molar-refractivity contribution in [3.05, 3.63) is 0 Å². The normalized spacial score (nSPS) is 10.3. The van der Waals surface area contributed by atoms with Gasteiger partial charge in [0, 0.05) is 6.54 Å². The molecular formula is C19H38NNaS2. The second-order valence-corrected chi connectivity index (χ2v) is 7.59. The van der Waals surface area contributed by atoms with Gasteiger partial charge in [-0.1, -0.05) is 108 Å². The fraction of sp³-hybridized carbons (Fsp3) is 0.947. The Hall–Kier alpha value is 1.11. The van der Waals surface area contributed by atoms with Gasteiger partial charge in [-0.25, -0.2) is 0 Å². The van der Waals surface area contributed by atoms with Gasteiger partial charge in [0.05, 0.1) is 0 Å². The largest absolute Gasteiger partial charge is 1.00 e. The van der Waals surface area contributed by atoms with Crippen LogP contribution in [0.5, 0.6) is 0 Å². The van der Waals surface area contributed by atoms with Crippen LogP contribution in [0.3, 0.4) is 0 Å². The van der Waals surface area contributed by atoms with E-state index in [-0.39, 0.29) is 29.6 Å². The van der Waals surface area contributed by atoms with Crippen molar-refractivity contribution < 1.29 is 29.6 Å². The second-order valence-electron chi connectivity index (χ2n) is 6.52. The Labute approximate surface area is 179 Å². The minimum atomic E-state index is 0. The molecule has 0 aromatic carbocycles. The first-order valence-electron chi connectivity index (χ1n) is 9.72. The maximum Gasteiger partial charge on any atom is 1.00 e. The van der Waals surface area contributed by atoms with E-state index in [0.717, 1.165) is 6.54 Å². The monoisotopic (exact) mass is 367 g/mol. The van der Waals surface area contributed by atoms with E-state index in [1.54, 1.807) is 0 Å². The Morgan fingerprint density at radius 1 is 0.652 bits per heavy atom. The van der Waals surface area contributed by atoms with Crippen LogP contribution in [0.15, 0.2) is 0 Å². The van der Waals surface area contributed by atoms with Crippen LogP contribution in [-0.4, -0.2) is 10.9 Å². The third-order valence-electron chi connectivity index (χ3n) is 4.30. The van der Waals surface area contributed by atoms with Crippen LogP contribution in [-0.2, 0) is 12.6 Å². The summed E-state index contributed by atoms with van der Waals surface area (Å²) >= 11 is 9.62. The smallest absolute Gasteiger partial charge is 0.412 e. The number of unbranched alkanes of at least 4 members (excludes halogenated alkanes) is 15. The molecule has 0 unspecified atom stereocenters. The summed E-state index contributed by atoms with van der Waals surface area (Å²) in [5.41, 5.74) is 0. The molecule has 0 saturated heterocycles. The average Bonchev–Trinajstić information content (AvgIpc) is 2.50. The van der Waals surface area contributed by atoms with E-state index < -0.39 is 0 Å². The zero-order chi connectivity index (χ0) is 16.3. The number of rotatable bonds is 17. The number of hydrogen-bond acceptors (Lipinski definition) is 2. The van der Waals surface area contributed by atoms with E-state index >= 15 is 0 Å². The van der Waals surface area contributed by atoms with Crippen molar-refractivity contribution in [3.8, 4) is 0 Å². The van der Waals surface area contributed by atoms with Gasteiger partial charge in [-0.15, -0.1) is 0 Å². The first-order chi connectivity index (χ1) is 10.8. The predicted molar refractivity (Wildman–Crippen MR) is 108 cm³/mol. The molecule has 0 saturated carbocycles. The molecule has 0 atom stereocenters. The average molecular weight is 368 g/mol. The van der Waals surface area contributed by atoms with E-state index in [0.29, 0.717) is 4.32 Å². The zero-order valence-electron chi connectivity index (χ0n) is 15.8. The van der Waals surface area contributed by atoms with Gasteiger partial charge < -0.3 is 30.2 Å². The van der Waals surface area contributed by atoms with Crippen LogP contribution in [0.2, 0.25) is 0 Å². The van der Waals surface area contributed by atoms with Crippen LogP contribution in [0, 0.1) is 0 Å². The van der Waals surface area contributed by atoms with E-state index in [9.17, 15) is 0 Å². The van der Waals surface area contributed by atoms with Gasteiger partial charge in [0.1, 0.15) is 0 Å². The fourth-order valence-corrected chi connectivity index (χ4v) is 3.07. The topological polar surface area (TPSA) is 12.0 Å². The van der Waals surface area contributed by atoms with Crippen molar-refractivity contribution in [3.63, 3.8) is 0 Å². The van der Waals surface area contributed by atoms with Gasteiger partial charge in [0.15, 0.2) is 0 Å². The van der Waals surface area contributed by atoms with Gasteiger partial charge >= 0.3 is 29.6 Å². The van der Waals surface area contributed by atoms with Gasteiger partial charge in [-0.05, 0) is 6.42 Å². The van der Waals surface area contributed by atoms with Gasteiger partial charge in [-0.3, -0.25) is 0 Å². The molecule has 0 aromatic heterocycles. The molecule has 132 valence electrons. The summed E-state index contributed by atoms with van der Waals surface area (Å²) < 4.78 is 0.515. The summed E-state index contributed by atoms with van der Waals surface area (Å²) in [4.78, 5) is 0. The first-order valence-corrected chi connectivity index (χ1v) is 10.5. The molecule has 0 rings (SSSR count). The molecule has 0 aliphatic carbocycles. The summed E-state index contributed by atoms with van der Waals surface area (Å²) in [6.07, 6.45) is 22.6. The van der Waals surface area contributed by atoms with E-state index in [1.807, 2.05) is 0 Å². The Bertz CT molecular complexity index is 237. The molecular weight excluding hydrogens is 329 g/mol. The van der Waals surface area contributed by atoms with Crippen molar-refractivity contribution in [1.29, 1.82) is 0 Å². The number of hydrogen-bond donors (Lipinski definition) is 1. The zero-order valence-corrected chi connectivity index (χ0v) is 19.5. The Balaban J connectivity index is 0. The molecule has 0 radical (unpaired) electrons. The molecule has 0 aromatic rings. The van der Waals surface area contributed by atoms with E-state index in [2.05, 4.69) is 12.2 Å². The minimum absolute atomic E-state index is 0. The second kappa shape index (κ2) is 23.1. The summed E-state index contributed by atoms with van der Waals surface area (Å²) in [5.74, 6) is 0. The molecule has 1 N–H and O–H groups in total. The van der Waals surface area contributed by atoms with E-state index in [4.69, 9.17) is 24.8 Å². The fourth-order valence-electron chi connectivity index (χ4n) is 2.86. The summed E-state index contributed by atoms with van der Waals surface area (Å²) in [6.45, 7) is 3.25. The number of nitrogens with one attached hydrogen (secondary N) is 1. The van der Waals surface area contributed by atoms with E-state index in [1.165, 1.54) is 103 Å². The quantitative estimate of drug-likeness (QED) is 0.182. The number of thiocarbonyl (C=S) groups is 1. The van der Waals surface area contributed by atoms with Crippen molar-refractivity contribution in [2.24, 2.45) is 0 Å². The predicted octanol–water partition coefficient (Wildman–Crippen LogP) is 3.67. The van der Waals surface area contributed by atoms with Crippen molar-refractivity contribution in [1.82, 2.24) is 5.32 Å². The van der Waals surface area contributed by atoms with Gasteiger partial charge in [0.2, 0.25) is 0 Å². The third-order valence-corrected chi connectivity index (χ3v) is 4.59. The van der Waals surface area contributed by atoms with Crippen LogP contribution in [0.1, 0.15) is 110 Å². The van der Waals surface area contributed by atoms with Crippen LogP contribution < -0.4 is 34.9 Å². The molecule has 0 fully saturated rings. The Kier molecular flexibility index (Phi) is 26.5. The molecule has 4 heteroatoms. The van der Waals surface area contributed by atoms with Crippen molar-refractivity contribution in [2.45, 2.75) is 110 Å². The molecule has 0 heterocycles. The van der Waals surface area contributed by atoms with Crippen LogP contribution >= 0.6 is 12.2 Å². The SMILES string of the molecule is CCCCCCCCCCCCCCCCCCNC(=S)[S-].[Na+]. The Morgan fingerprint density at radius 2 is 0.957 bits per heavy atom. The maximum atomic E-state index is 4.81. The molecule has 0 bridgehead atoms. The van der Waals surface area contributed by atoms with Crippen molar-refractivity contribution >= 4 is 29.2 Å². The summed E-state index contributed by atoms with van der Waals surface area (Å²) in [7, 11) is 0. The first kappa shape index (κ1) is 26.3. The van der Waals surface area contributed by atoms with Crippen molar-refractivity contribution in [2.75, 3.05) is 6.54 Å². The molecule has 0 aliphatic heterocycles. The summed E-state index contributed by atoms with van der Waals surface area (Å²) in [5, 5.41) is 3.04. The maximum absolute atomic E-state index is 4.81. The van der Waals surface area contributed by atoms with Gasteiger partial charge in [-0.2, -0.15) is 0 Å². The molecule has 0 amide bonds. The molecule has 0 spiro atoms. The van der Waals surface area contributed by atoms with Crippen LogP contribution in [0.4, 0.5) is 0 Å². The molecule has 23 heavy (non-hydrogen) atoms. The molecule has 0 aliphatic rings. The molecule has 1 nitrogen and oxygen atoms in total. The standard InChI is InChI=1S/C19H39NS2.Na/c1-2-3-4-5-6-7-8-9-10-11-12-13-14-15-16-17-18-20-19(21)22;/h2-18H2,1H3,(H2,20,21,22);/q;+1/p-1. The minimum Gasteiger partial charge on any atom is -0.412 e. The summed E-state index contributed by atoms with van der Waals surface area (Å²) in [6, 6.07) is 0. The van der Waals surface area contributed by atoms with Crippen LogP contribution in [0.25, 0.3) is 0 Å². The Morgan fingerprint density at radius 3 is 1.26 bits per heavy atom. The third kappa shape index (κ3) is 25.5.